The summed E-state index contributed by atoms with van der Waals surface area (Å²) in [7, 11) is 0. The lowest BCUT2D eigenvalue weighted by atomic mass is 10.2. The van der Waals surface area contributed by atoms with Crippen LogP contribution in [0.4, 0.5) is 15.8 Å². The average Bonchev–Trinajstić information content (AvgIpc) is 2.30. The lowest BCUT2D eigenvalue weighted by Gasteiger charge is -2.10. The minimum Gasteiger partial charge on any atom is -0.383 e. The highest BCUT2D eigenvalue weighted by molar-refractivity contribution is 7.99. The number of thioether (sulfide) groups is 1. The third kappa shape index (κ3) is 4.22. The highest BCUT2D eigenvalue weighted by atomic mass is 32.2. The number of non-ortho nitro benzene ring substituents is 1. The lowest BCUT2D eigenvalue weighted by Crippen LogP contribution is -2.08. The fraction of sp³-hybridized carbons (Fsp3) is 0.455. The van der Waals surface area contributed by atoms with Gasteiger partial charge in [0, 0.05) is 17.9 Å². The maximum atomic E-state index is 13.4. The van der Waals surface area contributed by atoms with Gasteiger partial charge in [0.2, 0.25) is 0 Å². The van der Waals surface area contributed by atoms with Crippen LogP contribution in [0.15, 0.2) is 18.2 Å². The van der Waals surface area contributed by atoms with Crippen LogP contribution in [0.5, 0.6) is 0 Å². The zero-order valence-corrected chi connectivity index (χ0v) is 10.6. The summed E-state index contributed by atoms with van der Waals surface area (Å²) < 4.78 is 13.4. The molecule has 6 heteroatoms. The molecule has 0 aliphatic carbocycles. The van der Waals surface area contributed by atoms with Gasteiger partial charge in [-0.2, -0.15) is 11.8 Å². The van der Waals surface area contributed by atoms with Crippen molar-refractivity contribution in [2.24, 2.45) is 0 Å². The maximum Gasteiger partial charge on any atom is 0.272 e. The van der Waals surface area contributed by atoms with E-state index in [9.17, 15) is 14.5 Å². The number of nitro benzene ring substituents is 1. The first-order valence-electron chi connectivity index (χ1n) is 5.25. The predicted molar refractivity (Wildman–Crippen MR) is 69.1 cm³/mol. The summed E-state index contributed by atoms with van der Waals surface area (Å²) in [6.45, 7) is 2.75. The molecule has 0 aliphatic heterocycles. The molecule has 1 unspecified atom stereocenters. The van der Waals surface area contributed by atoms with Gasteiger partial charge >= 0.3 is 0 Å². The smallest absolute Gasteiger partial charge is 0.272 e. The van der Waals surface area contributed by atoms with Crippen LogP contribution < -0.4 is 5.32 Å². The van der Waals surface area contributed by atoms with Crippen molar-refractivity contribution in [1.82, 2.24) is 0 Å². The van der Waals surface area contributed by atoms with Crippen molar-refractivity contribution in [3.05, 3.63) is 34.1 Å². The first kappa shape index (κ1) is 13.8. The minimum absolute atomic E-state index is 0.231. The first-order valence-corrected chi connectivity index (χ1v) is 6.54. The third-order valence-electron chi connectivity index (χ3n) is 2.43. The number of anilines is 1. The van der Waals surface area contributed by atoms with Gasteiger partial charge in [0.1, 0.15) is 0 Å². The standard InChI is InChI=1S/C11H15FN2O2S/c1-8(17-2)5-6-13-11-4-3-9(14(15)16)7-10(11)12/h3-4,7-8,13H,5-6H2,1-2H3. The number of nitro groups is 1. The van der Waals surface area contributed by atoms with Crippen LogP contribution in [0.1, 0.15) is 13.3 Å². The second-order valence-electron chi connectivity index (χ2n) is 3.68. The van der Waals surface area contributed by atoms with E-state index in [4.69, 9.17) is 0 Å². The summed E-state index contributed by atoms with van der Waals surface area (Å²) in [5, 5.41) is 13.9. The quantitative estimate of drug-likeness (QED) is 0.628. The van der Waals surface area contributed by atoms with Crippen molar-refractivity contribution < 1.29 is 9.31 Å². The van der Waals surface area contributed by atoms with Crippen molar-refractivity contribution in [3.63, 3.8) is 0 Å². The van der Waals surface area contributed by atoms with Gasteiger partial charge in [-0.25, -0.2) is 4.39 Å². The Balaban J connectivity index is 2.57. The van der Waals surface area contributed by atoms with E-state index >= 15 is 0 Å². The normalized spacial score (nSPS) is 12.2. The Bertz CT molecular complexity index is 401. The van der Waals surface area contributed by atoms with Gasteiger partial charge in [0.25, 0.3) is 5.69 Å². The summed E-state index contributed by atoms with van der Waals surface area (Å²) in [5.74, 6) is -0.587. The summed E-state index contributed by atoms with van der Waals surface area (Å²) in [5.41, 5.74) is 0.0782. The predicted octanol–water partition coefficient (Wildman–Crippen LogP) is 3.29. The molecular weight excluding hydrogens is 243 g/mol. The molecule has 1 N–H and O–H groups in total. The van der Waals surface area contributed by atoms with E-state index in [-0.39, 0.29) is 5.69 Å². The Morgan fingerprint density at radius 1 is 1.59 bits per heavy atom. The van der Waals surface area contributed by atoms with Crippen LogP contribution in [0.3, 0.4) is 0 Å². The van der Waals surface area contributed by atoms with Gasteiger partial charge in [0.05, 0.1) is 16.7 Å². The number of rotatable bonds is 6. The fourth-order valence-electron chi connectivity index (χ4n) is 1.29. The molecule has 0 aromatic heterocycles. The maximum absolute atomic E-state index is 13.4. The van der Waals surface area contributed by atoms with Crippen molar-refractivity contribution >= 4 is 23.1 Å². The molecule has 0 aliphatic rings. The summed E-state index contributed by atoms with van der Waals surface area (Å²) in [6.07, 6.45) is 2.94. The molecular formula is C11H15FN2O2S. The molecule has 0 heterocycles. The van der Waals surface area contributed by atoms with Crippen LogP contribution in [0, 0.1) is 15.9 Å². The molecule has 4 nitrogen and oxygen atoms in total. The van der Waals surface area contributed by atoms with E-state index in [1.807, 2.05) is 6.26 Å². The van der Waals surface area contributed by atoms with Crippen LogP contribution >= 0.6 is 11.8 Å². The molecule has 0 saturated carbocycles. The minimum atomic E-state index is -0.608. The van der Waals surface area contributed by atoms with E-state index in [2.05, 4.69) is 12.2 Å². The van der Waals surface area contributed by atoms with Crippen molar-refractivity contribution in [2.75, 3.05) is 18.1 Å². The number of hydrogen-bond acceptors (Lipinski definition) is 4. The second kappa shape index (κ2) is 6.44. The largest absolute Gasteiger partial charge is 0.383 e. The molecule has 1 rings (SSSR count). The van der Waals surface area contributed by atoms with Crippen LogP contribution in [0.2, 0.25) is 0 Å². The molecule has 0 saturated heterocycles. The number of benzene rings is 1. The molecule has 0 fully saturated rings. The second-order valence-corrected chi connectivity index (χ2v) is 4.96. The fourth-order valence-corrected chi connectivity index (χ4v) is 1.64. The highest BCUT2D eigenvalue weighted by Crippen LogP contribution is 2.20. The number of hydrogen-bond donors (Lipinski definition) is 1. The van der Waals surface area contributed by atoms with Gasteiger partial charge in [-0.15, -0.1) is 0 Å². The number of nitrogens with zero attached hydrogens (tertiary/aromatic N) is 1. The van der Waals surface area contributed by atoms with E-state index in [0.717, 1.165) is 12.5 Å². The van der Waals surface area contributed by atoms with Crippen molar-refractivity contribution in [1.29, 1.82) is 0 Å². The van der Waals surface area contributed by atoms with E-state index in [0.29, 0.717) is 17.5 Å². The van der Waals surface area contributed by atoms with Gasteiger partial charge in [0.15, 0.2) is 5.82 Å². The molecule has 17 heavy (non-hydrogen) atoms. The van der Waals surface area contributed by atoms with Gasteiger partial charge < -0.3 is 5.32 Å². The van der Waals surface area contributed by atoms with Crippen LogP contribution in [0.25, 0.3) is 0 Å². The van der Waals surface area contributed by atoms with E-state index in [1.54, 1.807) is 11.8 Å². The Labute approximate surface area is 104 Å². The van der Waals surface area contributed by atoms with Gasteiger partial charge in [-0.1, -0.05) is 6.92 Å². The Kier molecular flexibility index (Phi) is 5.21. The molecule has 1 atom stereocenters. The zero-order valence-electron chi connectivity index (χ0n) is 9.77. The molecule has 0 spiro atoms. The van der Waals surface area contributed by atoms with Gasteiger partial charge in [-0.05, 0) is 18.7 Å². The third-order valence-corrected chi connectivity index (χ3v) is 3.47. The lowest BCUT2D eigenvalue weighted by molar-refractivity contribution is -0.385. The number of halogens is 1. The average molecular weight is 258 g/mol. The molecule has 0 amide bonds. The van der Waals surface area contributed by atoms with Crippen molar-refractivity contribution in [3.8, 4) is 0 Å². The molecule has 94 valence electrons. The summed E-state index contributed by atoms with van der Waals surface area (Å²) >= 11 is 1.75. The van der Waals surface area contributed by atoms with Crippen molar-refractivity contribution in [2.45, 2.75) is 18.6 Å². The topological polar surface area (TPSA) is 55.2 Å². The molecule has 1 aromatic carbocycles. The SMILES string of the molecule is CSC(C)CCNc1ccc([N+](=O)[O-])cc1F. The zero-order chi connectivity index (χ0) is 12.8. The monoisotopic (exact) mass is 258 g/mol. The number of nitrogens with one attached hydrogen (secondary N) is 1. The summed E-state index contributed by atoms with van der Waals surface area (Å²) in [4.78, 5) is 9.81. The molecule has 1 aromatic rings. The van der Waals surface area contributed by atoms with E-state index < -0.39 is 10.7 Å². The van der Waals surface area contributed by atoms with Crippen LogP contribution in [-0.2, 0) is 0 Å². The van der Waals surface area contributed by atoms with E-state index in [1.165, 1.54) is 12.1 Å². The molecule has 0 bridgehead atoms. The summed E-state index contributed by atoms with van der Waals surface area (Å²) in [6, 6.07) is 3.63. The Hall–Kier alpha value is -1.30. The highest BCUT2D eigenvalue weighted by Gasteiger charge is 2.10. The molecule has 0 radical (unpaired) electrons. The first-order chi connectivity index (χ1) is 8.04. The van der Waals surface area contributed by atoms with Gasteiger partial charge in [-0.3, -0.25) is 10.1 Å². The van der Waals surface area contributed by atoms with Crippen LogP contribution in [-0.4, -0.2) is 23.0 Å². The Morgan fingerprint density at radius 2 is 2.29 bits per heavy atom. The Morgan fingerprint density at radius 3 is 2.82 bits per heavy atom.